The van der Waals surface area contributed by atoms with Crippen LogP contribution in [-0.4, -0.2) is 23.4 Å². The quantitative estimate of drug-likeness (QED) is 0.342. The number of nitrogens with zero attached hydrogens (tertiary/aromatic N) is 1. The Labute approximate surface area is 155 Å². The van der Waals surface area contributed by atoms with Crippen molar-refractivity contribution in [3.8, 4) is 0 Å². The van der Waals surface area contributed by atoms with E-state index in [-0.39, 0.29) is 27.0 Å². The summed E-state index contributed by atoms with van der Waals surface area (Å²) in [5, 5.41) is 13.1. The molecule has 0 heterocycles. The Morgan fingerprint density at radius 1 is 1.27 bits per heavy atom. The van der Waals surface area contributed by atoms with Crippen molar-refractivity contribution in [1.82, 2.24) is 0 Å². The molecule has 0 saturated heterocycles. The molecule has 0 unspecified atom stereocenters. The standard InChI is InChI=1S/C15H10Cl2FN3O5/c16-7-3-9(14(19)10(17)4-7)15(23)26-6-13(22)20-8-1-2-11(18)12(5-8)21(24)25/h1-5H,6,19H2,(H,20,22). The third-order valence-electron chi connectivity index (χ3n) is 3.08. The van der Waals surface area contributed by atoms with Crippen LogP contribution in [-0.2, 0) is 9.53 Å². The Hall–Kier alpha value is -2.91. The van der Waals surface area contributed by atoms with E-state index in [1.807, 2.05) is 0 Å². The maximum Gasteiger partial charge on any atom is 0.340 e. The van der Waals surface area contributed by atoms with E-state index in [9.17, 15) is 24.1 Å². The van der Waals surface area contributed by atoms with Crippen molar-refractivity contribution in [1.29, 1.82) is 0 Å². The van der Waals surface area contributed by atoms with Gasteiger partial charge in [0, 0.05) is 16.8 Å². The number of carbonyl (C=O) groups is 2. The largest absolute Gasteiger partial charge is 0.452 e. The van der Waals surface area contributed by atoms with Gasteiger partial charge in [0.15, 0.2) is 6.61 Å². The second-order valence-corrected chi connectivity index (χ2v) is 5.74. The van der Waals surface area contributed by atoms with Crippen molar-refractivity contribution in [2.24, 2.45) is 0 Å². The van der Waals surface area contributed by atoms with E-state index in [0.29, 0.717) is 0 Å². The lowest BCUT2D eigenvalue weighted by molar-refractivity contribution is -0.387. The van der Waals surface area contributed by atoms with E-state index >= 15 is 0 Å². The van der Waals surface area contributed by atoms with Crippen molar-refractivity contribution in [3.05, 3.63) is 61.9 Å². The third-order valence-corrected chi connectivity index (χ3v) is 3.61. The van der Waals surface area contributed by atoms with Gasteiger partial charge in [0.2, 0.25) is 5.82 Å². The van der Waals surface area contributed by atoms with E-state index in [0.717, 1.165) is 18.2 Å². The lowest BCUT2D eigenvalue weighted by atomic mass is 10.2. The fourth-order valence-corrected chi connectivity index (χ4v) is 2.38. The Kier molecular flexibility index (Phi) is 5.96. The fourth-order valence-electron chi connectivity index (χ4n) is 1.89. The van der Waals surface area contributed by atoms with Crippen LogP contribution >= 0.6 is 23.2 Å². The van der Waals surface area contributed by atoms with Crippen LogP contribution in [0.2, 0.25) is 10.0 Å². The fraction of sp³-hybridized carbons (Fsp3) is 0.0667. The minimum absolute atomic E-state index is 0.0375. The predicted molar refractivity (Wildman–Crippen MR) is 92.8 cm³/mol. The average Bonchev–Trinajstić information content (AvgIpc) is 2.57. The number of hydrogen-bond acceptors (Lipinski definition) is 6. The Morgan fingerprint density at radius 2 is 1.96 bits per heavy atom. The second-order valence-electron chi connectivity index (χ2n) is 4.90. The number of halogens is 3. The van der Waals surface area contributed by atoms with Crippen molar-refractivity contribution in [2.75, 3.05) is 17.7 Å². The van der Waals surface area contributed by atoms with Gasteiger partial charge in [0.1, 0.15) is 0 Å². The van der Waals surface area contributed by atoms with E-state index < -0.39 is 34.9 Å². The predicted octanol–water partition coefficient (Wildman–Crippen LogP) is 3.42. The molecule has 1 amide bonds. The molecule has 2 aromatic carbocycles. The molecule has 8 nitrogen and oxygen atoms in total. The molecule has 2 aromatic rings. The average molecular weight is 402 g/mol. The first-order valence-corrected chi connectivity index (χ1v) is 7.60. The van der Waals surface area contributed by atoms with Gasteiger partial charge in [-0.15, -0.1) is 0 Å². The number of nitrogens with one attached hydrogen (secondary N) is 1. The molecule has 0 aromatic heterocycles. The molecule has 0 atom stereocenters. The lowest BCUT2D eigenvalue weighted by Crippen LogP contribution is -2.21. The molecule has 0 saturated carbocycles. The SMILES string of the molecule is Nc1c(Cl)cc(Cl)cc1C(=O)OCC(=O)Nc1ccc(F)c([N+](=O)[O-])c1. The minimum Gasteiger partial charge on any atom is -0.452 e. The van der Waals surface area contributed by atoms with Crippen LogP contribution in [0.25, 0.3) is 0 Å². The van der Waals surface area contributed by atoms with Crippen LogP contribution in [0, 0.1) is 15.9 Å². The molecule has 0 spiro atoms. The van der Waals surface area contributed by atoms with Crippen molar-refractivity contribution in [3.63, 3.8) is 0 Å². The van der Waals surface area contributed by atoms with Gasteiger partial charge in [-0.3, -0.25) is 14.9 Å². The van der Waals surface area contributed by atoms with Gasteiger partial charge in [-0.1, -0.05) is 23.2 Å². The van der Waals surface area contributed by atoms with Gasteiger partial charge in [-0.25, -0.2) is 4.79 Å². The summed E-state index contributed by atoms with van der Waals surface area (Å²) in [4.78, 5) is 33.5. The van der Waals surface area contributed by atoms with Crippen LogP contribution in [0.4, 0.5) is 21.5 Å². The summed E-state index contributed by atoms with van der Waals surface area (Å²) in [5.74, 6) is -2.79. The van der Waals surface area contributed by atoms with Crippen molar-refractivity contribution < 1.29 is 23.6 Å². The highest BCUT2D eigenvalue weighted by Gasteiger charge is 2.18. The molecule has 2 rings (SSSR count). The van der Waals surface area contributed by atoms with Crippen LogP contribution in [0.1, 0.15) is 10.4 Å². The molecular formula is C15H10Cl2FN3O5. The number of esters is 1. The molecule has 0 aliphatic heterocycles. The summed E-state index contributed by atoms with van der Waals surface area (Å²) >= 11 is 11.6. The van der Waals surface area contributed by atoms with E-state index in [2.05, 4.69) is 5.32 Å². The molecule has 3 N–H and O–H groups in total. The highest BCUT2D eigenvalue weighted by molar-refractivity contribution is 6.37. The van der Waals surface area contributed by atoms with Crippen LogP contribution in [0.15, 0.2) is 30.3 Å². The van der Waals surface area contributed by atoms with Crippen molar-refractivity contribution in [2.45, 2.75) is 0 Å². The van der Waals surface area contributed by atoms with Gasteiger partial charge < -0.3 is 15.8 Å². The first-order chi connectivity index (χ1) is 12.2. The number of hydrogen-bond donors (Lipinski definition) is 2. The van der Waals surface area contributed by atoms with Gasteiger partial charge >= 0.3 is 11.7 Å². The lowest BCUT2D eigenvalue weighted by Gasteiger charge is -2.09. The van der Waals surface area contributed by atoms with Crippen LogP contribution in [0.3, 0.4) is 0 Å². The molecule has 136 valence electrons. The van der Waals surface area contributed by atoms with Gasteiger partial charge in [-0.05, 0) is 24.3 Å². The normalized spacial score (nSPS) is 10.3. The van der Waals surface area contributed by atoms with Crippen molar-refractivity contribution >= 4 is 52.1 Å². The van der Waals surface area contributed by atoms with Crippen LogP contribution < -0.4 is 11.1 Å². The number of nitrogens with two attached hydrogens (primary N) is 1. The second kappa shape index (κ2) is 7.98. The molecule has 0 bridgehead atoms. The van der Waals surface area contributed by atoms with E-state index in [1.54, 1.807) is 0 Å². The summed E-state index contributed by atoms with van der Waals surface area (Å²) in [5.41, 5.74) is 4.63. The van der Waals surface area contributed by atoms with Gasteiger partial charge in [0.25, 0.3) is 5.91 Å². The summed E-state index contributed by atoms with van der Waals surface area (Å²) in [6.45, 7) is -0.715. The minimum atomic E-state index is -1.05. The number of rotatable bonds is 5. The molecule has 26 heavy (non-hydrogen) atoms. The third kappa shape index (κ3) is 4.58. The van der Waals surface area contributed by atoms with Gasteiger partial charge in [-0.2, -0.15) is 4.39 Å². The highest BCUT2D eigenvalue weighted by Crippen LogP contribution is 2.28. The molecule has 0 aliphatic carbocycles. The zero-order chi connectivity index (χ0) is 19.4. The Balaban J connectivity index is 2.02. The number of carbonyl (C=O) groups excluding carboxylic acids is 2. The monoisotopic (exact) mass is 401 g/mol. The first-order valence-electron chi connectivity index (χ1n) is 6.84. The first kappa shape index (κ1) is 19.4. The summed E-state index contributed by atoms with van der Waals surface area (Å²) in [7, 11) is 0. The maximum atomic E-state index is 13.2. The molecule has 0 radical (unpaired) electrons. The molecule has 11 heteroatoms. The summed E-state index contributed by atoms with van der Waals surface area (Å²) < 4.78 is 18.0. The van der Waals surface area contributed by atoms with E-state index in [1.165, 1.54) is 12.1 Å². The smallest absolute Gasteiger partial charge is 0.340 e. The number of anilines is 2. The number of ether oxygens (including phenoxy) is 1. The topological polar surface area (TPSA) is 125 Å². The summed E-state index contributed by atoms with van der Waals surface area (Å²) in [6, 6.07) is 5.35. The maximum absolute atomic E-state index is 13.2. The van der Waals surface area contributed by atoms with E-state index in [4.69, 9.17) is 33.7 Å². The molecule has 0 aliphatic rings. The number of benzene rings is 2. The number of amides is 1. The Bertz CT molecular complexity index is 907. The molecule has 0 fully saturated rings. The summed E-state index contributed by atoms with van der Waals surface area (Å²) in [6.07, 6.45) is 0. The molecular weight excluding hydrogens is 392 g/mol. The highest BCUT2D eigenvalue weighted by atomic mass is 35.5. The zero-order valence-corrected chi connectivity index (χ0v) is 14.3. The number of nitro groups is 1. The number of nitrogen functional groups attached to an aromatic ring is 1. The van der Waals surface area contributed by atoms with Gasteiger partial charge in [0.05, 0.1) is 21.2 Å². The Morgan fingerprint density at radius 3 is 2.62 bits per heavy atom. The van der Waals surface area contributed by atoms with Crippen LogP contribution in [0.5, 0.6) is 0 Å². The number of nitro benzene ring substituents is 1. The zero-order valence-electron chi connectivity index (χ0n) is 12.8.